The van der Waals surface area contributed by atoms with E-state index >= 15 is 0 Å². The van der Waals surface area contributed by atoms with Gasteiger partial charge in [-0.25, -0.2) is 4.79 Å². The van der Waals surface area contributed by atoms with Crippen molar-refractivity contribution in [3.8, 4) is 11.3 Å². The summed E-state index contributed by atoms with van der Waals surface area (Å²) in [5.74, 6) is 1.09. The monoisotopic (exact) mass is 455 g/mol. The molecule has 164 valence electrons. The fourth-order valence-corrected chi connectivity index (χ4v) is 4.41. The Morgan fingerprint density at radius 1 is 1.00 bits per heavy atom. The number of rotatable bonds is 5. The number of carbonyl (C=O) groups excluding carboxylic acids is 1. The molecule has 4 aromatic rings. The number of nitrogens with zero attached hydrogens (tertiary/aromatic N) is 2. The summed E-state index contributed by atoms with van der Waals surface area (Å²) >= 11 is 5.73. The molecule has 6 nitrogen and oxygen atoms in total. The number of para-hydroxylation sites is 1. The summed E-state index contributed by atoms with van der Waals surface area (Å²) in [5.41, 5.74) is 3.20. The third-order valence-corrected chi connectivity index (χ3v) is 5.96. The summed E-state index contributed by atoms with van der Waals surface area (Å²) in [6, 6.07) is 26.5. The molecule has 1 saturated heterocycles. The molecule has 0 aliphatic carbocycles. The van der Waals surface area contributed by atoms with Gasteiger partial charge in [-0.2, -0.15) is 0 Å². The standard InChI is InChI=1S/C26H21N3O3S/c1-31-25(30)18-12-10-17(11-13-18)21-14-15-22(32-21)24-23(20-9-5-6-16-27-20)28-26(33)29(24)19-7-3-2-4-8-19/h2-16,23-24H,1H3,(H,28,33)/t23-,24+/m0/s1. The van der Waals surface area contributed by atoms with Crippen LogP contribution in [0, 0.1) is 0 Å². The molecule has 1 aliphatic rings. The van der Waals surface area contributed by atoms with Crippen LogP contribution in [0.3, 0.4) is 0 Å². The van der Waals surface area contributed by atoms with E-state index in [0.29, 0.717) is 16.4 Å². The Morgan fingerprint density at radius 3 is 2.45 bits per heavy atom. The van der Waals surface area contributed by atoms with E-state index in [0.717, 1.165) is 22.7 Å². The zero-order chi connectivity index (χ0) is 22.8. The molecule has 2 aromatic carbocycles. The van der Waals surface area contributed by atoms with E-state index in [2.05, 4.69) is 15.2 Å². The average molecular weight is 456 g/mol. The van der Waals surface area contributed by atoms with Gasteiger partial charge in [0.05, 0.1) is 24.4 Å². The van der Waals surface area contributed by atoms with Gasteiger partial charge in [0, 0.05) is 17.4 Å². The van der Waals surface area contributed by atoms with E-state index in [9.17, 15) is 4.79 Å². The van der Waals surface area contributed by atoms with E-state index in [1.165, 1.54) is 7.11 Å². The van der Waals surface area contributed by atoms with Crippen LogP contribution in [0.1, 0.15) is 33.9 Å². The maximum Gasteiger partial charge on any atom is 0.337 e. The van der Waals surface area contributed by atoms with Crippen molar-refractivity contribution in [3.63, 3.8) is 0 Å². The summed E-state index contributed by atoms with van der Waals surface area (Å²) < 4.78 is 11.1. The molecule has 0 amide bonds. The highest BCUT2D eigenvalue weighted by Gasteiger charge is 2.42. The number of benzene rings is 2. The second-order valence-corrected chi connectivity index (χ2v) is 7.99. The molecular formula is C26H21N3O3S. The van der Waals surface area contributed by atoms with Crippen molar-refractivity contribution < 1.29 is 13.9 Å². The van der Waals surface area contributed by atoms with Gasteiger partial charge in [-0.1, -0.05) is 36.4 Å². The SMILES string of the molecule is COC(=O)c1ccc(-c2ccc([C@@H]3[C@H](c4ccccn4)NC(=S)N3c3ccccc3)o2)cc1. The first-order valence-electron chi connectivity index (χ1n) is 10.5. The Bertz CT molecular complexity index is 1270. The molecule has 0 radical (unpaired) electrons. The molecule has 3 heterocycles. The molecule has 1 fully saturated rings. The van der Waals surface area contributed by atoms with Gasteiger partial charge in [0.25, 0.3) is 0 Å². The van der Waals surface area contributed by atoms with Gasteiger partial charge in [0.15, 0.2) is 5.11 Å². The third kappa shape index (κ3) is 3.99. The summed E-state index contributed by atoms with van der Waals surface area (Å²) in [6.07, 6.45) is 1.78. The molecule has 0 unspecified atom stereocenters. The van der Waals surface area contributed by atoms with Crippen molar-refractivity contribution in [2.75, 3.05) is 12.0 Å². The first-order chi connectivity index (χ1) is 16.2. The summed E-state index contributed by atoms with van der Waals surface area (Å²) in [5, 5.41) is 4.04. The number of nitrogens with one attached hydrogen (secondary N) is 1. The largest absolute Gasteiger partial charge is 0.465 e. The highest BCUT2D eigenvalue weighted by atomic mass is 32.1. The fourth-order valence-electron chi connectivity index (χ4n) is 4.07. The number of thiocarbonyl (C=S) groups is 1. The molecule has 5 rings (SSSR count). The van der Waals surface area contributed by atoms with E-state index in [1.807, 2.05) is 72.8 Å². The summed E-state index contributed by atoms with van der Waals surface area (Å²) in [7, 11) is 1.37. The lowest BCUT2D eigenvalue weighted by Crippen LogP contribution is -2.29. The van der Waals surface area contributed by atoms with Gasteiger partial charge in [-0.3, -0.25) is 4.98 Å². The van der Waals surface area contributed by atoms with Crippen molar-refractivity contribution >= 4 is 29.0 Å². The van der Waals surface area contributed by atoms with Crippen molar-refractivity contribution in [3.05, 3.63) is 108 Å². The Morgan fingerprint density at radius 2 is 1.76 bits per heavy atom. The highest BCUT2D eigenvalue weighted by molar-refractivity contribution is 7.80. The molecule has 0 saturated carbocycles. The Kier molecular flexibility index (Phi) is 5.62. The van der Waals surface area contributed by atoms with Gasteiger partial charge in [-0.05, 0) is 60.7 Å². The molecule has 1 aliphatic heterocycles. The number of aromatic nitrogens is 1. The lowest BCUT2D eigenvalue weighted by Gasteiger charge is -2.26. The lowest BCUT2D eigenvalue weighted by atomic mass is 10.0. The predicted molar refractivity (Wildman–Crippen MR) is 130 cm³/mol. The van der Waals surface area contributed by atoms with Crippen LogP contribution in [0.4, 0.5) is 5.69 Å². The number of furan rings is 1. The maximum absolute atomic E-state index is 11.7. The van der Waals surface area contributed by atoms with Gasteiger partial charge in [0.2, 0.25) is 0 Å². The summed E-state index contributed by atoms with van der Waals surface area (Å²) in [4.78, 5) is 18.4. The van der Waals surface area contributed by atoms with Gasteiger partial charge >= 0.3 is 5.97 Å². The number of pyridine rings is 1. The van der Waals surface area contributed by atoms with Crippen molar-refractivity contribution in [1.82, 2.24) is 10.3 Å². The van der Waals surface area contributed by atoms with Crippen LogP contribution in [0.5, 0.6) is 0 Å². The first-order valence-corrected chi connectivity index (χ1v) is 10.9. The molecule has 0 bridgehead atoms. The molecule has 0 spiro atoms. The van der Waals surface area contributed by atoms with Gasteiger partial charge < -0.3 is 19.4 Å². The molecule has 7 heteroatoms. The number of hydrogen-bond acceptors (Lipinski definition) is 5. The number of methoxy groups -OCH3 is 1. The van der Waals surface area contributed by atoms with E-state index in [4.69, 9.17) is 21.4 Å². The number of anilines is 1. The van der Waals surface area contributed by atoms with E-state index in [1.54, 1.807) is 18.3 Å². The van der Waals surface area contributed by atoms with Crippen LogP contribution in [0.2, 0.25) is 0 Å². The van der Waals surface area contributed by atoms with Crippen LogP contribution in [0.25, 0.3) is 11.3 Å². The third-order valence-electron chi connectivity index (χ3n) is 5.64. The minimum absolute atomic E-state index is 0.181. The number of carbonyl (C=O) groups is 1. The van der Waals surface area contributed by atoms with Crippen LogP contribution in [0.15, 0.2) is 95.5 Å². The minimum atomic E-state index is -0.371. The smallest absolute Gasteiger partial charge is 0.337 e. The molecule has 2 aromatic heterocycles. The lowest BCUT2D eigenvalue weighted by molar-refractivity contribution is 0.0600. The molecule has 33 heavy (non-hydrogen) atoms. The maximum atomic E-state index is 11.7. The Labute approximate surface area is 196 Å². The molecule has 1 N–H and O–H groups in total. The van der Waals surface area contributed by atoms with Crippen LogP contribution in [-0.4, -0.2) is 23.2 Å². The van der Waals surface area contributed by atoms with Crippen molar-refractivity contribution in [2.45, 2.75) is 12.1 Å². The predicted octanol–water partition coefficient (Wildman–Crippen LogP) is 5.31. The van der Waals surface area contributed by atoms with Gasteiger partial charge in [-0.15, -0.1) is 0 Å². The second-order valence-electron chi connectivity index (χ2n) is 7.60. The van der Waals surface area contributed by atoms with Crippen LogP contribution in [-0.2, 0) is 4.74 Å². The summed E-state index contributed by atoms with van der Waals surface area (Å²) in [6.45, 7) is 0. The number of ether oxygens (including phenoxy) is 1. The van der Waals surface area contributed by atoms with E-state index in [-0.39, 0.29) is 18.1 Å². The first kappa shape index (κ1) is 20.9. The molecular weight excluding hydrogens is 434 g/mol. The minimum Gasteiger partial charge on any atom is -0.465 e. The topological polar surface area (TPSA) is 67.6 Å². The zero-order valence-corrected chi connectivity index (χ0v) is 18.7. The second kappa shape index (κ2) is 8.88. The zero-order valence-electron chi connectivity index (χ0n) is 17.8. The van der Waals surface area contributed by atoms with Crippen LogP contribution < -0.4 is 10.2 Å². The fraction of sp³-hybridized carbons (Fsp3) is 0.115. The van der Waals surface area contributed by atoms with Gasteiger partial charge in [0.1, 0.15) is 17.6 Å². The Hall–Kier alpha value is -3.97. The average Bonchev–Trinajstić information content (AvgIpc) is 3.49. The Balaban J connectivity index is 1.53. The van der Waals surface area contributed by atoms with E-state index < -0.39 is 0 Å². The van der Waals surface area contributed by atoms with Crippen molar-refractivity contribution in [1.29, 1.82) is 0 Å². The number of esters is 1. The molecule has 2 atom stereocenters. The highest BCUT2D eigenvalue weighted by Crippen LogP contribution is 2.42. The number of hydrogen-bond donors (Lipinski definition) is 1. The van der Waals surface area contributed by atoms with Crippen molar-refractivity contribution in [2.24, 2.45) is 0 Å². The van der Waals surface area contributed by atoms with Crippen LogP contribution >= 0.6 is 12.2 Å². The normalized spacial score (nSPS) is 17.6. The quantitative estimate of drug-likeness (QED) is 0.323.